The fraction of sp³-hybridized carbons (Fsp3) is 0.571. The smallest absolute Gasteiger partial charge is 0.119 e. The lowest BCUT2D eigenvalue weighted by Crippen LogP contribution is -2.49. The third-order valence-electron chi connectivity index (χ3n) is 4.16. The molecular formula is C14H19NO. The maximum atomic E-state index is 6.10. The normalized spacial score (nSPS) is 32.7. The van der Waals surface area contributed by atoms with Crippen LogP contribution in [0.3, 0.4) is 0 Å². The zero-order valence-corrected chi connectivity index (χ0v) is 9.83. The molecule has 1 aliphatic carbocycles. The second-order valence-corrected chi connectivity index (χ2v) is 5.25. The van der Waals surface area contributed by atoms with Gasteiger partial charge in [0.05, 0.1) is 0 Å². The molecule has 1 N–H and O–H groups in total. The number of ether oxygens (including phenoxy) is 1. The molecule has 3 rings (SSSR count). The molecule has 0 radical (unpaired) electrons. The number of hydrogen-bond donors (Lipinski definition) is 1. The van der Waals surface area contributed by atoms with Crippen LogP contribution in [0.2, 0.25) is 0 Å². The van der Waals surface area contributed by atoms with Gasteiger partial charge in [0, 0.05) is 12.0 Å². The fourth-order valence-electron chi connectivity index (χ4n) is 2.89. The summed E-state index contributed by atoms with van der Waals surface area (Å²) in [5.41, 5.74) is 1.74. The van der Waals surface area contributed by atoms with Gasteiger partial charge in [-0.2, -0.15) is 0 Å². The van der Waals surface area contributed by atoms with Crippen molar-refractivity contribution >= 4 is 0 Å². The van der Waals surface area contributed by atoms with E-state index in [2.05, 4.69) is 36.5 Å². The topological polar surface area (TPSA) is 21.3 Å². The summed E-state index contributed by atoms with van der Waals surface area (Å²) in [6.07, 6.45) is 4.26. The highest BCUT2D eigenvalue weighted by molar-refractivity contribution is 5.27. The van der Waals surface area contributed by atoms with E-state index >= 15 is 0 Å². The standard InChI is InChI=1S/C14H19NO/c1-11-2-4-12(5-3-11)16-13-6-7-14(13)8-9-15-10-14/h2-5,13,15H,6-10H2,1H3. The Kier molecular flexibility index (Phi) is 2.40. The second-order valence-electron chi connectivity index (χ2n) is 5.25. The Hall–Kier alpha value is -1.02. The van der Waals surface area contributed by atoms with Gasteiger partial charge in [-0.3, -0.25) is 0 Å². The molecule has 2 aliphatic rings. The summed E-state index contributed by atoms with van der Waals surface area (Å²) in [6.45, 7) is 4.41. The van der Waals surface area contributed by atoms with Gasteiger partial charge in [-0.05, 0) is 44.9 Å². The highest BCUT2D eigenvalue weighted by Crippen LogP contribution is 2.47. The number of hydrogen-bond acceptors (Lipinski definition) is 2. The molecule has 1 heterocycles. The Morgan fingerprint density at radius 2 is 2.06 bits per heavy atom. The van der Waals surface area contributed by atoms with Crippen molar-refractivity contribution in [3.05, 3.63) is 29.8 Å². The first-order valence-corrected chi connectivity index (χ1v) is 6.23. The molecule has 1 saturated carbocycles. The quantitative estimate of drug-likeness (QED) is 0.822. The van der Waals surface area contributed by atoms with Crippen molar-refractivity contribution in [2.45, 2.75) is 32.3 Å². The van der Waals surface area contributed by atoms with Crippen molar-refractivity contribution in [3.8, 4) is 5.75 Å². The van der Waals surface area contributed by atoms with Gasteiger partial charge in [0.2, 0.25) is 0 Å². The summed E-state index contributed by atoms with van der Waals surface area (Å²) in [7, 11) is 0. The van der Waals surface area contributed by atoms with E-state index in [0.717, 1.165) is 18.8 Å². The van der Waals surface area contributed by atoms with Crippen LogP contribution in [0.25, 0.3) is 0 Å². The van der Waals surface area contributed by atoms with Crippen LogP contribution >= 0.6 is 0 Å². The Labute approximate surface area is 97.0 Å². The van der Waals surface area contributed by atoms with Gasteiger partial charge in [-0.25, -0.2) is 0 Å². The number of benzene rings is 1. The predicted molar refractivity (Wildman–Crippen MR) is 64.7 cm³/mol. The van der Waals surface area contributed by atoms with E-state index in [1.54, 1.807) is 0 Å². The van der Waals surface area contributed by atoms with Gasteiger partial charge in [-0.15, -0.1) is 0 Å². The predicted octanol–water partition coefficient (Wildman–Crippen LogP) is 2.52. The first-order valence-electron chi connectivity index (χ1n) is 6.23. The Morgan fingerprint density at radius 3 is 2.62 bits per heavy atom. The minimum atomic E-state index is 0.435. The summed E-state index contributed by atoms with van der Waals surface area (Å²) in [6, 6.07) is 8.41. The van der Waals surface area contributed by atoms with Crippen LogP contribution in [0.4, 0.5) is 0 Å². The van der Waals surface area contributed by atoms with E-state index in [4.69, 9.17) is 4.74 Å². The van der Waals surface area contributed by atoms with E-state index < -0.39 is 0 Å². The number of nitrogens with one attached hydrogen (secondary N) is 1. The molecule has 86 valence electrons. The van der Waals surface area contributed by atoms with Crippen molar-refractivity contribution in [2.75, 3.05) is 13.1 Å². The largest absolute Gasteiger partial charge is 0.490 e. The van der Waals surface area contributed by atoms with Crippen molar-refractivity contribution in [2.24, 2.45) is 5.41 Å². The highest BCUT2D eigenvalue weighted by Gasteiger charge is 2.50. The Balaban J connectivity index is 1.69. The molecule has 16 heavy (non-hydrogen) atoms. The number of aryl methyl sites for hydroxylation is 1. The van der Waals surface area contributed by atoms with Gasteiger partial charge < -0.3 is 10.1 Å². The molecule has 0 bridgehead atoms. The summed E-state index contributed by atoms with van der Waals surface area (Å²) in [5.74, 6) is 1.03. The molecule has 2 nitrogen and oxygen atoms in total. The van der Waals surface area contributed by atoms with Gasteiger partial charge in [-0.1, -0.05) is 17.7 Å². The van der Waals surface area contributed by atoms with E-state index in [9.17, 15) is 0 Å². The average molecular weight is 217 g/mol. The first kappa shape index (κ1) is 10.2. The molecule has 1 aromatic carbocycles. The van der Waals surface area contributed by atoms with E-state index in [1.807, 2.05) is 0 Å². The van der Waals surface area contributed by atoms with Crippen LogP contribution in [0.5, 0.6) is 5.75 Å². The van der Waals surface area contributed by atoms with Crippen molar-refractivity contribution in [3.63, 3.8) is 0 Å². The summed E-state index contributed by atoms with van der Waals surface area (Å²) in [5, 5.41) is 3.46. The zero-order chi connectivity index (χ0) is 11.0. The van der Waals surface area contributed by atoms with Crippen molar-refractivity contribution in [1.29, 1.82) is 0 Å². The lowest BCUT2D eigenvalue weighted by Gasteiger charge is -2.46. The molecule has 1 aliphatic heterocycles. The molecule has 2 unspecified atom stereocenters. The van der Waals surface area contributed by atoms with Crippen LogP contribution in [0.1, 0.15) is 24.8 Å². The van der Waals surface area contributed by atoms with E-state index in [0.29, 0.717) is 11.5 Å². The zero-order valence-electron chi connectivity index (χ0n) is 9.83. The van der Waals surface area contributed by atoms with Crippen LogP contribution in [0.15, 0.2) is 24.3 Å². The van der Waals surface area contributed by atoms with Crippen molar-refractivity contribution < 1.29 is 4.74 Å². The minimum Gasteiger partial charge on any atom is -0.490 e. The maximum Gasteiger partial charge on any atom is 0.119 e. The molecule has 1 saturated heterocycles. The second kappa shape index (κ2) is 3.77. The van der Waals surface area contributed by atoms with Gasteiger partial charge >= 0.3 is 0 Å². The molecular weight excluding hydrogens is 198 g/mol. The third kappa shape index (κ3) is 1.61. The lowest BCUT2D eigenvalue weighted by atomic mass is 9.65. The Bertz CT molecular complexity index is 365. The van der Waals surface area contributed by atoms with Gasteiger partial charge in [0.1, 0.15) is 11.9 Å². The van der Waals surface area contributed by atoms with Crippen LogP contribution in [-0.4, -0.2) is 19.2 Å². The number of rotatable bonds is 2. The molecule has 2 heteroatoms. The van der Waals surface area contributed by atoms with E-state index in [-0.39, 0.29) is 0 Å². The molecule has 1 aromatic rings. The third-order valence-corrected chi connectivity index (χ3v) is 4.16. The molecule has 1 spiro atoms. The molecule has 0 aromatic heterocycles. The Morgan fingerprint density at radius 1 is 1.25 bits per heavy atom. The van der Waals surface area contributed by atoms with Crippen LogP contribution in [-0.2, 0) is 0 Å². The summed E-state index contributed by atoms with van der Waals surface area (Å²) >= 11 is 0. The fourth-order valence-corrected chi connectivity index (χ4v) is 2.89. The SMILES string of the molecule is Cc1ccc(OC2CCC23CCNC3)cc1. The van der Waals surface area contributed by atoms with Gasteiger partial charge in [0.25, 0.3) is 0 Å². The lowest BCUT2D eigenvalue weighted by molar-refractivity contribution is -0.0311. The molecule has 0 amide bonds. The summed E-state index contributed by atoms with van der Waals surface area (Å²) in [4.78, 5) is 0. The van der Waals surface area contributed by atoms with Crippen molar-refractivity contribution in [1.82, 2.24) is 5.32 Å². The highest BCUT2D eigenvalue weighted by atomic mass is 16.5. The van der Waals surface area contributed by atoms with Crippen LogP contribution < -0.4 is 10.1 Å². The summed E-state index contributed by atoms with van der Waals surface area (Å²) < 4.78 is 6.10. The minimum absolute atomic E-state index is 0.435. The first-order chi connectivity index (χ1) is 7.78. The molecule has 2 fully saturated rings. The monoisotopic (exact) mass is 217 g/mol. The van der Waals surface area contributed by atoms with Crippen LogP contribution in [0, 0.1) is 12.3 Å². The maximum absolute atomic E-state index is 6.10. The molecule has 2 atom stereocenters. The van der Waals surface area contributed by atoms with Gasteiger partial charge in [0.15, 0.2) is 0 Å². The average Bonchev–Trinajstić information content (AvgIpc) is 2.78. The van der Waals surface area contributed by atoms with E-state index in [1.165, 1.54) is 24.8 Å².